The number of benzene rings is 10. The van der Waals surface area contributed by atoms with Gasteiger partial charge in [0.2, 0.25) is 0 Å². The minimum Gasteiger partial charge on any atom is -0.455 e. The molecule has 0 N–H and O–H groups in total. The van der Waals surface area contributed by atoms with Gasteiger partial charge in [-0.25, -0.2) is 0 Å². The SMILES string of the molecule is c1cc(-c2cccc(N(c3ccc(-c4cccc5c4oc4ccccc45)cc3)c3ccccc3-c3ccc4sc5ccccc5c4c3)c2)cc(-c2cccc3ccccc23)c1. The zero-order valence-corrected chi connectivity index (χ0v) is 33.9. The zero-order chi connectivity index (χ0) is 40.3. The van der Waals surface area contributed by atoms with Crippen molar-refractivity contribution in [2.45, 2.75) is 0 Å². The lowest BCUT2D eigenvalue weighted by Gasteiger charge is -2.28. The minimum atomic E-state index is 0.903. The van der Waals surface area contributed by atoms with Gasteiger partial charge in [0.25, 0.3) is 0 Å². The summed E-state index contributed by atoms with van der Waals surface area (Å²) >= 11 is 1.85. The summed E-state index contributed by atoms with van der Waals surface area (Å²) in [5.41, 5.74) is 14.4. The molecule has 0 aliphatic carbocycles. The quantitative estimate of drug-likeness (QED) is 0.160. The highest BCUT2D eigenvalue weighted by Crippen LogP contribution is 2.45. The Labute approximate surface area is 357 Å². The molecule has 0 aliphatic rings. The van der Waals surface area contributed by atoms with Crippen molar-refractivity contribution < 1.29 is 4.42 Å². The first-order chi connectivity index (χ1) is 30.2. The Morgan fingerprint density at radius 1 is 0.328 bits per heavy atom. The average Bonchev–Trinajstić information content (AvgIpc) is 3.90. The second kappa shape index (κ2) is 14.5. The van der Waals surface area contributed by atoms with Gasteiger partial charge in [-0.3, -0.25) is 0 Å². The number of anilines is 3. The molecule has 2 aromatic heterocycles. The van der Waals surface area contributed by atoms with E-state index in [2.05, 4.69) is 217 Å². The van der Waals surface area contributed by atoms with Gasteiger partial charge < -0.3 is 9.32 Å². The molecule has 2 nitrogen and oxygen atoms in total. The molecule has 0 aliphatic heterocycles. The van der Waals surface area contributed by atoms with Crippen molar-refractivity contribution in [3.05, 3.63) is 224 Å². The van der Waals surface area contributed by atoms with E-state index in [0.29, 0.717) is 0 Å². The third-order valence-electron chi connectivity index (χ3n) is 12.1. The largest absolute Gasteiger partial charge is 0.455 e. The first kappa shape index (κ1) is 35.2. The molecule has 3 heteroatoms. The molecular formula is C58H37NOS. The second-order valence-corrected chi connectivity index (χ2v) is 16.7. The van der Waals surface area contributed by atoms with Gasteiger partial charge in [0.05, 0.1) is 5.69 Å². The van der Waals surface area contributed by atoms with Crippen LogP contribution in [-0.2, 0) is 0 Å². The molecule has 0 saturated carbocycles. The fourth-order valence-corrected chi connectivity index (χ4v) is 10.3. The predicted molar refractivity (Wildman–Crippen MR) is 261 cm³/mol. The van der Waals surface area contributed by atoms with Crippen molar-refractivity contribution in [2.75, 3.05) is 4.90 Å². The lowest BCUT2D eigenvalue weighted by atomic mass is 9.95. The van der Waals surface area contributed by atoms with Crippen LogP contribution in [0.2, 0.25) is 0 Å². The molecule has 2 heterocycles. The van der Waals surface area contributed by atoms with Gasteiger partial charge in [-0.15, -0.1) is 11.3 Å². The molecule has 0 radical (unpaired) electrons. The van der Waals surface area contributed by atoms with E-state index >= 15 is 0 Å². The van der Waals surface area contributed by atoms with E-state index < -0.39 is 0 Å². The smallest absolute Gasteiger partial charge is 0.143 e. The Bertz CT molecular complexity index is 3610. The molecular weight excluding hydrogens is 759 g/mol. The van der Waals surface area contributed by atoms with E-state index in [1.165, 1.54) is 58.8 Å². The maximum Gasteiger partial charge on any atom is 0.143 e. The third kappa shape index (κ3) is 6.09. The van der Waals surface area contributed by atoms with Gasteiger partial charge in [0.1, 0.15) is 11.2 Å². The van der Waals surface area contributed by atoms with E-state index in [4.69, 9.17) is 4.42 Å². The molecule has 286 valence electrons. The number of furan rings is 1. The van der Waals surface area contributed by atoms with Gasteiger partial charge >= 0.3 is 0 Å². The Balaban J connectivity index is 1.01. The van der Waals surface area contributed by atoms with Crippen LogP contribution in [0.25, 0.3) is 97.4 Å². The van der Waals surface area contributed by atoms with Crippen molar-refractivity contribution in [3.63, 3.8) is 0 Å². The third-order valence-corrected chi connectivity index (χ3v) is 13.2. The number of rotatable bonds is 7. The number of hydrogen-bond acceptors (Lipinski definition) is 3. The fourth-order valence-electron chi connectivity index (χ4n) is 9.17. The van der Waals surface area contributed by atoms with E-state index in [0.717, 1.165) is 55.7 Å². The topological polar surface area (TPSA) is 16.4 Å². The molecule has 61 heavy (non-hydrogen) atoms. The highest BCUT2D eigenvalue weighted by Gasteiger charge is 2.20. The summed E-state index contributed by atoms with van der Waals surface area (Å²) in [4.78, 5) is 2.41. The molecule has 0 spiro atoms. The molecule has 0 bridgehead atoms. The van der Waals surface area contributed by atoms with Crippen molar-refractivity contribution in [1.82, 2.24) is 0 Å². The van der Waals surface area contributed by atoms with Crippen LogP contribution in [-0.4, -0.2) is 0 Å². The fraction of sp³-hybridized carbons (Fsp3) is 0. The van der Waals surface area contributed by atoms with Gasteiger partial charge in [-0.05, 0) is 105 Å². The summed E-state index contributed by atoms with van der Waals surface area (Å²) in [5, 5.41) is 7.35. The van der Waals surface area contributed by atoms with E-state index in [-0.39, 0.29) is 0 Å². The van der Waals surface area contributed by atoms with E-state index in [9.17, 15) is 0 Å². The van der Waals surface area contributed by atoms with Crippen LogP contribution < -0.4 is 4.90 Å². The van der Waals surface area contributed by atoms with Crippen LogP contribution in [0, 0.1) is 0 Å². The van der Waals surface area contributed by atoms with E-state index in [1.807, 2.05) is 23.5 Å². The molecule has 0 atom stereocenters. The summed E-state index contributed by atoms with van der Waals surface area (Å²) in [5.74, 6) is 0. The van der Waals surface area contributed by atoms with Crippen LogP contribution in [0.3, 0.4) is 0 Å². The van der Waals surface area contributed by atoms with E-state index in [1.54, 1.807) is 0 Å². The monoisotopic (exact) mass is 795 g/mol. The number of para-hydroxylation sites is 3. The van der Waals surface area contributed by atoms with Crippen LogP contribution in [0.5, 0.6) is 0 Å². The maximum absolute atomic E-state index is 6.47. The van der Waals surface area contributed by atoms with Crippen molar-refractivity contribution in [2.24, 2.45) is 0 Å². The van der Waals surface area contributed by atoms with Gasteiger partial charge in [0.15, 0.2) is 0 Å². The number of thiophene rings is 1. The second-order valence-electron chi connectivity index (χ2n) is 15.6. The van der Waals surface area contributed by atoms with Gasteiger partial charge in [0, 0.05) is 53.4 Å². The standard InChI is InChI=1S/C58H37NOS/c1-2-19-46-38(13-1)14-11-23-47(46)42-17-9-15-40(35-42)41-16-10-18-45(36-41)59(44-32-29-39(30-33-44)49-24-12-25-52-50-21-4-7-27-55(50)60-58(49)52)54-26-6-3-20-48(54)43-31-34-57-53(37-43)51-22-5-8-28-56(51)61-57/h1-37H. The van der Waals surface area contributed by atoms with Crippen molar-refractivity contribution >= 4 is 81.3 Å². The zero-order valence-electron chi connectivity index (χ0n) is 33.1. The Kier molecular flexibility index (Phi) is 8.39. The van der Waals surface area contributed by atoms with Crippen LogP contribution in [0.4, 0.5) is 17.1 Å². The minimum absolute atomic E-state index is 0.903. The molecule has 0 amide bonds. The molecule has 0 fully saturated rings. The number of fused-ring (bicyclic) bond motifs is 7. The summed E-state index contributed by atoms with van der Waals surface area (Å²) < 4.78 is 9.08. The molecule has 12 rings (SSSR count). The summed E-state index contributed by atoms with van der Waals surface area (Å²) in [6, 6.07) is 81.3. The normalized spacial score (nSPS) is 11.6. The van der Waals surface area contributed by atoms with Gasteiger partial charge in [-0.2, -0.15) is 0 Å². The first-order valence-electron chi connectivity index (χ1n) is 20.7. The first-order valence-corrected chi connectivity index (χ1v) is 21.6. The molecule has 12 aromatic rings. The Morgan fingerprint density at radius 2 is 0.934 bits per heavy atom. The Hall–Kier alpha value is -7.72. The average molecular weight is 796 g/mol. The lowest BCUT2D eigenvalue weighted by Crippen LogP contribution is -2.11. The number of hydrogen-bond donors (Lipinski definition) is 0. The highest BCUT2D eigenvalue weighted by molar-refractivity contribution is 7.25. The van der Waals surface area contributed by atoms with Crippen LogP contribution >= 0.6 is 11.3 Å². The van der Waals surface area contributed by atoms with Crippen LogP contribution in [0.1, 0.15) is 0 Å². The Morgan fingerprint density at radius 3 is 1.85 bits per heavy atom. The highest BCUT2D eigenvalue weighted by atomic mass is 32.1. The molecule has 0 saturated heterocycles. The summed E-state index contributed by atoms with van der Waals surface area (Å²) in [6.07, 6.45) is 0. The predicted octanol–water partition coefficient (Wildman–Crippen LogP) is 17.2. The number of nitrogens with zero attached hydrogens (tertiary/aromatic N) is 1. The molecule has 10 aromatic carbocycles. The van der Waals surface area contributed by atoms with Crippen LogP contribution in [0.15, 0.2) is 229 Å². The van der Waals surface area contributed by atoms with Gasteiger partial charge in [-0.1, -0.05) is 164 Å². The summed E-state index contributed by atoms with van der Waals surface area (Å²) in [7, 11) is 0. The van der Waals surface area contributed by atoms with Crippen molar-refractivity contribution in [1.29, 1.82) is 0 Å². The maximum atomic E-state index is 6.47. The summed E-state index contributed by atoms with van der Waals surface area (Å²) in [6.45, 7) is 0. The molecule has 0 unspecified atom stereocenters. The van der Waals surface area contributed by atoms with Crippen molar-refractivity contribution in [3.8, 4) is 44.5 Å². The lowest BCUT2D eigenvalue weighted by molar-refractivity contribution is 0.670.